The van der Waals surface area contributed by atoms with Crippen molar-refractivity contribution in [1.29, 1.82) is 0 Å². The molecule has 6 heteroatoms. The first-order valence-corrected chi connectivity index (χ1v) is 6.92. The number of ether oxygens (including phenoxy) is 2. The molecule has 0 aromatic heterocycles. The van der Waals surface area contributed by atoms with Crippen LogP contribution in [-0.4, -0.2) is 37.9 Å². The molecule has 0 aliphatic rings. The van der Waals surface area contributed by atoms with Crippen molar-refractivity contribution in [3.63, 3.8) is 0 Å². The van der Waals surface area contributed by atoms with E-state index in [-0.39, 0.29) is 6.54 Å². The summed E-state index contributed by atoms with van der Waals surface area (Å²) in [5, 5.41) is 11.3. The maximum Gasteiger partial charge on any atom is 0.317 e. The van der Waals surface area contributed by atoms with Gasteiger partial charge in [0.05, 0.1) is 13.2 Å². The monoisotopic (exact) mass is 298 g/mol. The fourth-order valence-electron chi connectivity index (χ4n) is 1.66. The molecule has 6 nitrogen and oxygen atoms in total. The molecular formula is C15H26N2O4. The summed E-state index contributed by atoms with van der Waals surface area (Å²) in [5.41, 5.74) is 8.34. The number of hydrogen-bond acceptors (Lipinski definition) is 5. The van der Waals surface area contributed by atoms with Gasteiger partial charge in [0.15, 0.2) is 0 Å². The average molecular weight is 298 g/mol. The van der Waals surface area contributed by atoms with Crippen LogP contribution in [0.25, 0.3) is 0 Å². The zero-order valence-electron chi connectivity index (χ0n) is 13.0. The maximum atomic E-state index is 10.4. The zero-order chi connectivity index (χ0) is 16.1. The summed E-state index contributed by atoms with van der Waals surface area (Å²) >= 11 is 0. The van der Waals surface area contributed by atoms with Crippen LogP contribution < -0.4 is 11.1 Å². The Bertz CT molecular complexity index is 409. The molecule has 1 rings (SSSR count). The Balaban J connectivity index is 0.000000690. The van der Waals surface area contributed by atoms with Crippen LogP contribution in [0.4, 0.5) is 5.69 Å². The van der Waals surface area contributed by atoms with Gasteiger partial charge < -0.3 is 25.6 Å². The van der Waals surface area contributed by atoms with E-state index in [1.165, 1.54) is 0 Å². The molecule has 0 aliphatic heterocycles. The molecule has 0 aliphatic carbocycles. The minimum atomic E-state index is -0.886. The van der Waals surface area contributed by atoms with Gasteiger partial charge in [-0.05, 0) is 31.0 Å². The number of hydrogen-bond donors (Lipinski definition) is 3. The Morgan fingerprint density at radius 1 is 1.33 bits per heavy atom. The predicted molar refractivity (Wildman–Crippen MR) is 83.1 cm³/mol. The lowest BCUT2D eigenvalue weighted by Crippen LogP contribution is -2.23. The Hall–Kier alpha value is -1.63. The zero-order valence-corrected chi connectivity index (χ0v) is 13.0. The summed E-state index contributed by atoms with van der Waals surface area (Å²) in [5.74, 6) is -0.886. The number of rotatable bonds is 8. The molecule has 0 unspecified atom stereocenters. The molecule has 1 aromatic carbocycles. The summed E-state index contributed by atoms with van der Waals surface area (Å²) in [6.45, 7) is 6.48. The molecule has 0 fully saturated rings. The molecule has 0 atom stereocenters. The van der Waals surface area contributed by atoms with Crippen LogP contribution >= 0.6 is 0 Å². The number of aliphatic carboxylic acids is 1. The standard InChI is InChI=1S/C11H16N2O3.C4H10O/c1-16-7-8-3-2-4-10(12)9(8)5-13-6-11(14)15;1-3-5-4-2/h2-4,13H,5-7,12H2,1H3,(H,14,15);3-4H2,1-2H3. The second kappa shape index (κ2) is 12.1. The average Bonchev–Trinajstić information content (AvgIpc) is 2.43. The number of anilines is 1. The topological polar surface area (TPSA) is 93.8 Å². The van der Waals surface area contributed by atoms with Gasteiger partial charge in [0, 0.05) is 32.6 Å². The second-order valence-electron chi connectivity index (χ2n) is 4.20. The van der Waals surface area contributed by atoms with Crippen molar-refractivity contribution in [2.24, 2.45) is 0 Å². The molecule has 21 heavy (non-hydrogen) atoms. The Kier molecular flexibility index (Phi) is 11.2. The predicted octanol–water partition coefficient (Wildman–Crippen LogP) is 1.63. The van der Waals surface area contributed by atoms with Crippen molar-refractivity contribution in [2.45, 2.75) is 27.0 Å². The quantitative estimate of drug-likeness (QED) is 0.632. The van der Waals surface area contributed by atoms with Gasteiger partial charge >= 0.3 is 5.97 Å². The summed E-state index contributed by atoms with van der Waals surface area (Å²) in [6.07, 6.45) is 0. The Morgan fingerprint density at radius 2 is 2.00 bits per heavy atom. The molecule has 0 saturated carbocycles. The molecule has 1 aromatic rings. The largest absolute Gasteiger partial charge is 0.480 e. The Morgan fingerprint density at radius 3 is 2.48 bits per heavy atom. The number of nitrogens with two attached hydrogens (primary N) is 1. The van der Waals surface area contributed by atoms with Gasteiger partial charge in [-0.25, -0.2) is 0 Å². The third-order valence-electron chi connectivity index (χ3n) is 2.60. The number of nitrogens with one attached hydrogen (secondary N) is 1. The van der Waals surface area contributed by atoms with Gasteiger partial charge in [0.25, 0.3) is 0 Å². The molecule has 0 spiro atoms. The van der Waals surface area contributed by atoms with E-state index < -0.39 is 5.97 Å². The van der Waals surface area contributed by atoms with Crippen LogP contribution in [0.1, 0.15) is 25.0 Å². The lowest BCUT2D eigenvalue weighted by atomic mass is 10.1. The van der Waals surface area contributed by atoms with E-state index in [9.17, 15) is 4.79 Å². The highest BCUT2D eigenvalue weighted by Gasteiger charge is 2.06. The first kappa shape index (κ1) is 19.4. The van der Waals surface area contributed by atoms with E-state index in [4.69, 9.17) is 20.3 Å². The van der Waals surface area contributed by atoms with E-state index in [0.717, 1.165) is 24.3 Å². The highest BCUT2D eigenvalue weighted by molar-refractivity contribution is 5.69. The second-order valence-corrected chi connectivity index (χ2v) is 4.20. The molecule has 0 radical (unpaired) electrons. The summed E-state index contributed by atoms with van der Waals surface area (Å²) < 4.78 is 9.88. The molecule has 0 saturated heterocycles. The first-order valence-electron chi connectivity index (χ1n) is 6.92. The molecule has 120 valence electrons. The number of nitrogen functional groups attached to an aromatic ring is 1. The van der Waals surface area contributed by atoms with E-state index in [0.29, 0.717) is 18.8 Å². The van der Waals surface area contributed by atoms with Gasteiger partial charge in [-0.1, -0.05) is 12.1 Å². The fraction of sp³-hybridized carbons (Fsp3) is 0.533. The highest BCUT2D eigenvalue weighted by Crippen LogP contribution is 2.17. The van der Waals surface area contributed by atoms with Crippen LogP contribution in [0, 0.1) is 0 Å². The summed E-state index contributed by atoms with van der Waals surface area (Å²) in [6, 6.07) is 5.55. The molecule has 0 heterocycles. The minimum absolute atomic E-state index is 0.0826. The fourth-order valence-corrected chi connectivity index (χ4v) is 1.66. The van der Waals surface area contributed by atoms with Gasteiger partial charge in [-0.15, -0.1) is 0 Å². The third-order valence-corrected chi connectivity index (χ3v) is 2.60. The van der Waals surface area contributed by atoms with Crippen LogP contribution in [0.2, 0.25) is 0 Å². The Labute approximate surface area is 126 Å². The van der Waals surface area contributed by atoms with Crippen LogP contribution in [0.5, 0.6) is 0 Å². The van der Waals surface area contributed by atoms with E-state index in [1.807, 2.05) is 26.0 Å². The molecular weight excluding hydrogens is 272 g/mol. The van der Waals surface area contributed by atoms with Gasteiger partial charge in [0.2, 0.25) is 0 Å². The highest BCUT2D eigenvalue weighted by atomic mass is 16.5. The van der Waals surface area contributed by atoms with Crippen LogP contribution in [0.15, 0.2) is 18.2 Å². The molecule has 0 amide bonds. The summed E-state index contributed by atoms with van der Waals surface area (Å²) in [7, 11) is 1.61. The van der Waals surface area contributed by atoms with Crippen molar-refractivity contribution in [1.82, 2.24) is 5.32 Å². The molecule has 0 bridgehead atoms. The van der Waals surface area contributed by atoms with E-state index in [2.05, 4.69) is 5.32 Å². The number of carbonyl (C=O) groups is 1. The van der Waals surface area contributed by atoms with Crippen molar-refractivity contribution in [2.75, 3.05) is 32.6 Å². The minimum Gasteiger partial charge on any atom is -0.480 e. The van der Waals surface area contributed by atoms with E-state index >= 15 is 0 Å². The number of benzene rings is 1. The van der Waals surface area contributed by atoms with E-state index in [1.54, 1.807) is 13.2 Å². The maximum absolute atomic E-state index is 10.4. The molecule has 4 N–H and O–H groups in total. The number of methoxy groups -OCH3 is 1. The lowest BCUT2D eigenvalue weighted by molar-refractivity contribution is -0.135. The van der Waals surface area contributed by atoms with Crippen LogP contribution in [0.3, 0.4) is 0 Å². The normalized spacial score (nSPS) is 9.86. The third kappa shape index (κ3) is 9.01. The lowest BCUT2D eigenvalue weighted by Gasteiger charge is -2.11. The van der Waals surface area contributed by atoms with Crippen LogP contribution in [-0.2, 0) is 27.4 Å². The van der Waals surface area contributed by atoms with Crippen molar-refractivity contribution >= 4 is 11.7 Å². The number of carboxylic acid groups (broad SMARTS) is 1. The number of carboxylic acids is 1. The SMILES string of the molecule is CCOCC.COCc1cccc(N)c1CNCC(=O)O. The van der Waals surface area contributed by atoms with Gasteiger partial charge in [-0.2, -0.15) is 0 Å². The summed E-state index contributed by atoms with van der Waals surface area (Å²) in [4.78, 5) is 10.4. The van der Waals surface area contributed by atoms with Gasteiger partial charge in [0.1, 0.15) is 0 Å². The van der Waals surface area contributed by atoms with Crippen molar-refractivity contribution in [3.8, 4) is 0 Å². The first-order chi connectivity index (χ1) is 10.1. The smallest absolute Gasteiger partial charge is 0.317 e. The van der Waals surface area contributed by atoms with Gasteiger partial charge in [-0.3, -0.25) is 4.79 Å². The van der Waals surface area contributed by atoms with Crippen molar-refractivity contribution < 1.29 is 19.4 Å². The van der Waals surface area contributed by atoms with Crippen molar-refractivity contribution in [3.05, 3.63) is 29.3 Å².